The lowest BCUT2D eigenvalue weighted by Crippen LogP contribution is -1.95. The summed E-state index contributed by atoms with van der Waals surface area (Å²) in [6, 6.07) is 9.68. The maximum Gasteiger partial charge on any atom is 0.283 e. The second kappa shape index (κ2) is 7.96. The molecule has 0 bridgehead atoms. The van der Waals surface area contributed by atoms with Gasteiger partial charge in [-0.3, -0.25) is 10.1 Å². The van der Waals surface area contributed by atoms with Crippen LogP contribution in [-0.4, -0.2) is 36.5 Å². The zero-order chi connectivity index (χ0) is 19.4. The van der Waals surface area contributed by atoms with Crippen molar-refractivity contribution in [2.75, 3.05) is 21.3 Å². The second-order valence-electron chi connectivity index (χ2n) is 5.11. The molecule has 0 fully saturated rings. The third kappa shape index (κ3) is 3.80. The molecular weight excluding hydrogens is 374 g/mol. The highest BCUT2D eigenvalue weighted by Gasteiger charge is 2.20. The van der Waals surface area contributed by atoms with Crippen molar-refractivity contribution in [2.45, 2.75) is 10.1 Å². The molecule has 0 amide bonds. The minimum Gasteiger partial charge on any atom is -0.493 e. The Hall–Kier alpha value is -3.27. The standard InChI is InChI=1S/C17H15N3O6S/c1-23-12-8-10(9-13(24-2)15(12)25-3)16-18-19-17(26-16)27-14-7-5-4-6-11(14)20(21)22/h4-9H,1-3H3. The topological polar surface area (TPSA) is 110 Å². The molecule has 3 aromatic rings. The summed E-state index contributed by atoms with van der Waals surface area (Å²) >= 11 is 1.02. The first-order valence-electron chi connectivity index (χ1n) is 7.62. The number of nitro groups is 1. The summed E-state index contributed by atoms with van der Waals surface area (Å²) in [5.74, 6) is 1.55. The molecule has 0 unspecified atom stereocenters. The van der Waals surface area contributed by atoms with Crippen LogP contribution < -0.4 is 14.2 Å². The van der Waals surface area contributed by atoms with Gasteiger partial charge in [0.15, 0.2) is 11.5 Å². The van der Waals surface area contributed by atoms with Crippen LogP contribution in [0.1, 0.15) is 0 Å². The lowest BCUT2D eigenvalue weighted by molar-refractivity contribution is -0.387. The SMILES string of the molecule is COc1cc(-c2nnc(Sc3ccccc3[N+](=O)[O-])o2)cc(OC)c1OC. The third-order valence-corrected chi connectivity index (χ3v) is 4.48. The molecule has 3 rings (SSSR count). The number of nitro benzene ring substituents is 1. The van der Waals surface area contributed by atoms with E-state index in [1.165, 1.54) is 27.4 Å². The maximum atomic E-state index is 11.1. The Bertz CT molecular complexity index is 950. The van der Waals surface area contributed by atoms with Crippen LogP contribution in [0.25, 0.3) is 11.5 Å². The summed E-state index contributed by atoms with van der Waals surface area (Å²) in [7, 11) is 4.52. The molecule has 0 N–H and O–H groups in total. The predicted molar refractivity (Wildman–Crippen MR) is 96.6 cm³/mol. The number of benzene rings is 2. The molecule has 0 aliphatic rings. The van der Waals surface area contributed by atoms with Crippen LogP contribution >= 0.6 is 11.8 Å². The number of ether oxygens (including phenoxy) is 3. The molecule has 0 saturated heterocycles. The van der Waals surface area contributed by atoms with Gasteiger partial charge in [0.25, 0.3) is 10.9 Å². The van der Waals surface area contributed by atoms with Gasteiger partial charge in [-0.1, -0.05) is 12.1 Å². The van der Waals surface area contributed by atoms with Gasteiger partial charge in [0.05, 0.1) is 31.1 Å². The monoisotopic (exact) mass is 389 g/mol. The molecule has 0 aliphatic carbocycles. The van der Waals surface area contributed by atoms with E-state index in [4.69, 9.17) is 18.6 Å². The predicted octanol–water partition coefficient (Wildman–Crippen LogP) is 3.82. The first kappa shape index (κ1) is 18.5. The average molecular weight is 389 g/mol. The molecule has 0 atom stereocenters. The van der Waals surface area contributed by atoms with Gasteiger partial charge in [-0.15, -0.1) is 10.2 Å². The highest BCUT2D eigenvalue weighted by molar-refractivity contribution is 7.99. The van der Waals surface area contributed by atoms with Gasteiger partial charge in [-0.2, -0.15) is 0 Å². The molecule has 1 heterocycles. The molecule has 27 heavy (non-hydrogen) atoms. The van der Waals surface area contributed by atoms with Crippen LogP contribution in [0.4, 0.5) is 5.69 Å². The van der Waals surface area contributed by atoms with Gasteiger partial charge in [-0.05, 0) is 30.0 Å². The van der Waals surface area contributed by atoms with E-state index in [2.05, 4.69) is 10.2 Å². The fourth-order valence-corrected chi connectivity index (χ4v) is 3.14. The number of aromatic nitrogens is 2. The molecule has 0 radical (unpaired) electrons. The van der Waals surface area contributed by atoms with Crippen molar-refractivity contribution in [2.24, 2.45) is 0 Å². The van der Waals surface area contributed by atoms with Crippen molar-refractivity contribution in [1.29, 1.82) is 0 Å². The number of para-hydroxylation sites is 1. The maximum absolute atomic E-state index is 11.1. The van der Waals surface area contributed by atoms with Gasteiger partial charge in [0.1, 0.15) is 0 Å². The van der Waals surface area contributed by atoms with E-state index < -0.39 is 4.92 Å². The Morgan fingerprint density at radius 2 is 1.70 bits per heavy atom. The highest BCUT2D eigenvalue weighted by atomic mass is 32.2. The third-order valence-electron chi connectivity index (χ3n) is 3.58. The van der Waals surface area contributed by atoms with Crippen LogP contribution in [0.15, 0.2) is 50.9 Å². The van der Waals surface area contributed by atoms with Crippen LogP contribution in [0.3, 0.4) is 0 Å². The number of methoxy groups -OCH3 is 3. The normalized spacial score (nSPS) is 10.5. The van der Waals surface area contributed by atoms with E-state index in [9.17, 15) is 10.1 Å². The smallest absolute Gasteiger partial charge is 0.283 e. The van der Waals surface area contributed by atoms with Gasteiger partial charge in [0, 0.05) is 11.6 Å². The molecule has 1 aromatic heterocycles. The van der Waals surface area contributed by atoms with Crippen LogP contribution in [0, 0.1) is 10.1 Å². The molecule has 9 nitrogen and oxygen atoms in total. The molecule has 0 aliphatic heterocycles. The van der Waals surface area contributed by atoms with E-state index in [0.717, 1.165) is 11.8 Å². The Morgan fingerprint density at radius 1 is 1.04 bits per heavy atom. The molecule has 0 spiro atoms. The Kier molecular flexibility index (Phi) is 5.46. The largest absolute Gasteiger partial charge is 0.493 e. The number of rotatable bonds is 7. The number of hydrogen-bond acceptors (Lipinski definition) is 9. The van der Waals surface area contributed by atoms with Crippen molar-refractivity contribution < 1.29 is 23.6 Å². The average Bonchev–Trinajstić information content (AvgIpc) is 3.15. The molecule has 2 aromatic carbocycles. The fraction of sp³-hybridized carbons (Fsp3) is 0.176. The van der Waals surface area contributed by atoms with E-state index >= 15 is 0 Å². The quantitative estimate of drug-likeness (QED) is 0.440. The lowest BCUT2D eigenvalue weighted by atomic mass is 10.2. The molecule has 0 saturated carbocycles. The van der Waals surface area contributed by atoms with Gasteiger partial charge < -0.3 is 18.6 Å². The lowest BCUT2D eigenvalue weighted by Gasteiger charge is -2.12. The molecule has 140 valence electrons. The first-order chi connectivity index (χ1) is 13.1. The minimum absolute atomic E-state index is 0.0324. The van der Waals surface area contributed by atoms with Crippen molar-refractivity contribution in [3.63, 3.8) is 0 Å². The van der Waals surface area contributed by atoms with Crippen LogP contribution in [-0.2, 0) is 0 Å². The fourth-order valence-electron chi connectivity index (χ4n) is 2.36. The van der Waals surface area contributed by atoms with Crippen molar-refractivity contribution in [3.05, 3.63) is 46.5 Å². The van der Waals surface area contributed by atoms with E-state index in [1.54, 1.807) is 30.3 Å². The van der Waals surface area contributed by atoms with Crippen molar-refractivity contribution in [1.82, 2.24) is 10.2 Å². The second-order valence-corrected chi connectivity index (χ2v) is 6.11. The Labute approximate surface area is 158 Å². The summed E-state index contributed by atoms with van der Waals surface area (Å²) in [6.07, 6.45) is 0. The molecular formula is C17H15N3O6S. The zero-order valence-electron chi connectivity index (χ0n) is 14.7. The van der Waals surface area contributed by atoms with Crippen molar-refractivity contribution >= 4 is 17.4 Å². The summed E-state index contributed by atoms with van der Waals surface area (Å²) in [6.45, 7) is 0. The summed E-state index contributed by atoms with van der Waals surface area (Å²) in [5.41, 5.74) is 0.529. The summed E-state index contributed by atoms with van der Waals surface area (Å²) < 4.78 is 21.6. The summed E-state index contributed by atoms with van der Waals surface area (Å²) in [5, 5.41) is 19.3. The van der Waals surface area contributed by atoms with E-state index in [-0.39, 0.29) is 16.8 Å². The first-order valence-corrected chi connectivity index (χ1v) is 8.44. The molecule has 10 heteroatoms. The van der Waals surface area contributed by atoms with E-state index in [1.807, 2.05) is 0 Å². The van der Waals surface area contributed by atoms with Crippen molar-refractivity contribution in [3.8, 4) is 28.7 Å². The van der Waals surface area contributed by atoms with Crippen LogP contribution in [0.5, 0.6) is 17.2 Å². The van der Waals surface area contributed by atoms with E-state index in [0.29, 0.717) is 27.7 Å². The van der Waals surface area contributed by atoms with Gasteiger partial charge in [-0.25, -0.2) is 0 Å². The Morgan fingerprint density at radius 3 is 2.30 bits per heavy atom. The summed E-state index contributed by atoms with van der Waals surface area (Å²) in [4.78, 5) is 11.1. The Balaban J connectivity index is 1.94. The minimum atomic E-state index is -0.460. The number of nitrogens with zero attached hydrogens (tertiary/aromatic N) is 3. The van der Waals surface area contributed by atoms with Crippen LogP contribution in [0.2, 0.25) is 0 Å². The van der Waals surface area contributed by atoms with Gasteiger partial charge in [0.2, 0.25) is 11.6 Å². The van der Waals surface area contributed by atoms with Gasteiger partial charge >= 0.3 is 0 Å². The zero-order valence-corrected chi connectivity index (χ0v) is 15.5. The highest BCUT2D eigenvalue weighted by Crippen LogP contribution is 2.41. The number of hydrogen-bond donors (Lipinski definition) is 0.